The van der Waals surface area contributed by atoms with Crippen LogP contribution < -0.4 is 4.74 Å². The predicted octanol–water partition coefficient (Wildman–Crippen LogP) is 11.4. The Morgan fingerprint density at radius 1 is 0.977 bits per heavy atom. The van der Waals surface area contributed by atoms with Crippen molar-refractivity contribution in [1.29, 1.82) is 0 Å². The van der Waals surface area contributed by atoms with Crippen molar-refractivity contribution < 1.29 is 14.3 Å². The summed E-state index contributed by atoms with van der Waals surface area (Å²) in [6.07, 6.45) is 16.0. The van der Waals surface area contributed by atoms with E-state index in [0.29, 0.717) is 22.4 Å². The van der Waals surface area contributed by atoms with Crippen LogP contribution in [-0.2, 0) is 4.74 Å². The number of unbranched alkanes of at least 4 members (excludes halogenated alkanes) is 1. The van der Waals surface area contributed by atoms with E-state index in [-0.39, 0.29) is 21.8 Å². The van der Waals surface area contributed by atoms with E-state index in [1.165, 1.54) is 51.4 Å². The number of hydrogen-bond donors (Lipinski definition) is 0. The minimum atomic E-state index is -0.211. The third kappa shape index (κ3) is 6.52. The van der Waals surface area contributed by atoms with Crippen molar-refractivity contribution in [3.8, 4) is 5.75 Å². The Balaban J connectivity index is 1.23. The average Bonchev–Trinajstić information content (AvgIpc) is 3.32. The van der Waals surface area contributed by atoms with Crippen LogP contribution in [0.3, 0.4) is 0 Å². The third-order valence-corrected chi connectivity index (χ3v) is 16.6. The second kappa shape index (κ2) is 13.7. The molecule has 1 aromatic carbocycles. The Hall–Kier alpha value is -0.550. The van der Waals surface area contributed by atoms with Crippen LogP contribution in [0.2, 0.25) is 0 Å². The third-order valence-electron chi connectivity index (χ3n) is 13.0. The molecule has 3 nitrogen and oxygen atoms in total. The quantitative estimate of drug-likeness (QED) is 0.130. The van der Waals surface area contributed by atoms with Gasteiger partial charge in [0.2, 0.25) is 0 Å². The Kier molecular flexibility index (Phi) is 10.7. The Morgan fingerprint density at radius 3 is 2.42 bits per heavy atom. The number of fused-ring (bicyclic) bond motifs is 5. The lowest BCUT2D eigenvalue weighted by atomic mass is 9.44. The normalized spacial score (nSPS) is 39.5. The summed E-state index contributed by atoms with van der Waals surface area (Å²) in [6, 6.07) is 7.47. The molecule has 0 radical (unpaired) electrons. The van der Waals surface area contributed by atoms with E-state index in [0.717, 1.165) is 73.4 Å². The maximum absolute atomic E-state index is 13.2. The molecule has 4 aliphatic carbocycles. The summed E-state index contributed by atoms with van der Waals surface area (Å²) in [6.45, 7) is 15.4. The molecule has 0 spiro atoms. The minimum absolute atomic E-state index is 0.0583. The number of carbonyl (C=O) groups excluding carboxylic acids is 1. The van der Waals surface area contributed by atoms with Crippen LogP contribution in [-0.4, -0.2) is 27.8 Å². The van der Waals surface area contributed by atoms with Crippen LogP contribution in [0.15, 0.2) is 24.3 Å². The minimum Gasteiger partial charge on any atom is -0.494 e. The van der Waals surface area contributed by atoms with Crippen LogP contribution in [0.1, 0.15) is 135 Å². The molecule has 0 saturated heterocycles. The van der Waals surface area contributed by atoms with Gasteiger partial charge in [0.05, 0.1) is 12.2 Å². The average molecular weight is 723 g/mol. The van der Waals surface area contributed by atoms with E-state index in [1.807, 2.05) is 24.3 Å². The zero-order valence-electron chi connectivity index (χ0n) is 27.8. The lowest BCUT2D eigenvalue weighted by molar-refractivity contribution is -0.112. The van der Waals surface area contributed by atoms with Gasteiger partial charge in [-0.15, -0.1) is 0 Å². The SMILES string of the molecule is CCCCOc1ccc(C(=O)OC2CCC3(C)C4CCC5(C)C(C(C)CCCC(C)C)CCC5C4CC(Br)C3(Br)C2)cc1. The molecule has 1 aromatic rings. The van der Waals surface area contributed by atoms with E-state index >= 15 is 0 Å². The van der Waals surface area contributed by atoms with Crippen LogP contribution in [0, 0.1) is 46.3 Å². The van der Waals surface area contributed by atoms with Crippen molar-refractivity contribution in [2.75, 3.05) is 6.61 Å². The summed E-state index contributed by atoms with van der Waals surface area (Å²) in [5, 5.41) is 0. The molecular formula is C38H58Br2O3. The van der Waals surface area contributed by atoms with Gasteiger partial charge in [-0.25, -0.2) is 4.79 Å². The molecule has 4 fully saturated rings. The van der Waals surface area contributed by atoms with Crippen molar-refractivity contribution in [3.63, 3.8) is 0 Å². The molecule has 0 amide bonds. The molecule has 0 aromatic heterocycles. The number of benzene rings is 1. The molecule has 43 heavy (non-hydrogen) atoms. The van der Waals surface area contributed by atoms with Gasteiger partial charge in [-0.2, -0.15) is 0 Å². The number of carbonyl (C=O) groups is 1. The van der Waals surface area contributed by atoms with Gasteiger partial charge in [-0.3, -0.25) is 0 Å². The Bertz CT molecular complexity index is 1090. The van der Waals surface area contributed by atoms with E-state index in [2.05, 4.69) is 73.4 Å². The van der Waals surface area contributed by atoms with E-state index in [4.69, 9.17) is 9.47 Å². The highest BCUT2D eigenvalue weighted by atomic mass is 79.9. The highest BCUT2D eigenvalue weighted by Crippen LogP contribution is 2.71. The molecule has 4 saturated carbocycles. The highest BCUT2D eigenvalue weighted by molar-refractivity contribution is 9.12. The van der Waals surface area contributed by atoms with Gasteiger partial charge in [0.1, 0.15) is 11.9 Å². The molecule has 0 bridgehead atoms. The molecule has 10 unspecified atom stereocenters. The molecular weight excluding hydrogens is 664 g/mol. The van der Waals surface area contributed by atoms with E-state index < -0.39 is 0 Å². The molecule has 0 heterocycles. The van der Waals surface area contributed by atoms with Crippen molar-refractivity contribution in [1.82, 2.24) is 0 Å². The molecule has 5 rings (SSSR count). The van der Waals surface area contributed by atoms with Gasteiger partial charge in [-0.1, -0.05) is 99.1 Å². The lowest BCUT2D eigenvalue weighted by Crippen LogP contribution is -2.64. The number of hydrogen-bond acceptors (Lipinski definition) is 3. The number of rotatable bonds is 11. The maximum atomic E-state index is 13.2. The summed E-state index contributed by atoms with van der Waals surface area (Å²) in [5.74, 6) is 5.53. The van der Waals surface area contributed by atoms with Gasteiger partial charge in [-0.05, 0) is 122 Å². The summed E-state index contributed by atoms with van der Waals surface area (Å²) < 4.78 is 11.9. The predicted molar refractivity (Wildman–Crippen MR) is 185 cm³/mol. The van der Waals surface area contributed by atoms with Crippen LogP contribution in [0.25, 0.3) is 0 Å². The van der Waals surface area contributed by atoms with Gasteiger partial charge in [0.25, 0.3) is 0 Å². The molecule has 4 aliphatic rings. The first kappa shape index (κ1) is 33.8. The first-order valence-electron chi connectivity index (χ1n) is 17.7. The van der Waals surface area contributed by atoms with Gasteiger partial charge in [0, 0.05) is 15.6 Å². The van der Waals surface area contributed by atoms with Crippen molar-refractivity contribution in [3.05, 3.63) is 29.8 Å². The molecule has 0 aliphatic heterocycles. The second-order valence-electron chi connectivity index (χ2n) is 15.9. The lowest BCUT2D eigenvalue weighted by Gasteiger charge is -2.66. The molecule has 242 valence electrons. The van der Waals surface area contributed by atoms with Gasteiger partial charge >= 0.3 is 5.97 Å². The number of halogens is 2. The van der Waals surface area contributed by atoms with Crippen LogP contribution in [0.5, 0.6) is 5.75 Å². The standard InChI is InChI=1S/C38H58Br2O3/c1-7-8-22-42-28-14-12-27(13-15-28)35(41)43-29-18-21-37(6)33-19-20-36(5)31(26(4)11-9-10-25(2)3)16-17-32(36)30(33)23-34(39)38(37,40)24-29/h12-15,25-26,29-34H,7-11,16-24H2,1-6H3. The second-order valence-corrected chi connectivity index (χ2v) is 18.4. The van der Waals surface area contributed by atoms with E-state index in [1.54, 1.807) is 0 Å². The topological polar surface area (TPSA) is 35.5 Å². The van der Waals surface area contributed by atoms with Crippen molar-refractivity contribution >= 4 is 37.8 Å². The fraction of sp³-hybridized carbons (Fsp3) is 0.816. The fourth-order valence-corrected chi connectivity index (χ4v) is 12.7. The largest absolute Gasteiger partial charge is 0.494 e. The number of alkyl halides is 2. The van der Waals surface area contributed by atoms with Crippen LogP contribution >= 0.6 is 31.9 Å². The van der Waals surface area contributed by atoms with Gasteiger partial charge < -0.3 is 9.47 Å². The summed E-state index contributed by atoms with van der Waals surface area (Å²) in [5.41, 5.74) is 1.31. The summed E-state index contributed by atoms with van der Waals surface area (Å²) in [7, 11) is 0. The van der Waals surface area contributed by atoms with Crippen LogP contribution in [0.4, 0.5) is 0 Å². The molecule has 5 heteroatoms. The summed E-state index contributed by atoms with van der Waals surface area (Å²) >= 11 is 8.65. The smallest absolute Gasteiger partial charge is 0.338 e. The molecule has 10 atom stereocenters. The molecule has 0 N–H and O–H groups in total. The van der Waals surface area contributed by atoms with E-state index in [9.17, 15) is 4.79 Å². The first-order chi connectivity index (χ1) is 20.4. The Labute approximate surface area is 279 Å². The Morgan fingerprint density at radius 2 is 1.72 bits per heavy atom. The first-order valence-corrected chi connectivity index (χ1v) is 19.4. The fourth-order valence-electron chi connectivity index (χ4n) is 10.5. The monoisotopic (exact) mass is 720 g/mol. The zero-order chi connectivity index (χ0) is 31.0. The zero-order valence-corrected chi connectivity index (χ0v) is 31.0. The van der Waals surface area contributed by atoms with Gasteiger partial charge in [0.15, 0.2) is 0 Å². The summed E-state index contributed by atoms with van der Waals surface area (Å²) in [4.78, 5) is 13.6. The maximum Gasteiger partial charge on any atom is 0.338 e. The highest BCUT2D eigenvalue weighted by Gasteiger charge is 2.67. The number of esters is 1. The van der Waals surface area contributed by atoms with Crippen molar-refractivity contribution in [2.24, 2.45) is 46.3 Å². The number of ether oxygens (including phenoxy) is 2. The van der Waals surface area contributed by atoms with Crippen molar-refractivity contribution in [2.45, 2.75) is 140 Å².